The van der Waals surface area contributed by atoms with E-state index in [4.69, 9.17) is 35.4 Å². The fourth-order valence-corrected chi connectivity index (χ4v) is 17.2. The van der Waals surface area contributed by atoms with Gasteiger partial charge in [0.1, 0.15) is 24.4 Å². The van der Waals surface area contributed by atoms with E-state index in [1.807, 2.05) is 85.6 Å². The van der Waals surface area contributed by atoms with E-state index in [9.17, 15) is 38.7 Å². The number of thiazole rings is 1. The number of primary amides is 1. The van der Waals surface area contributed by atoms with E-state index in [0.29, 0.717) is 60.1 Å². The summed E-state index contributed by atoms with van der Waals surface area (Å²) in [6, 6.07) is 16.9. The monoisotopic (exact) mass is 1360 g/mol. The third kappa shape index (κ3) is 15.8. The second-order valence-electron chi connectivity index (χ2n) is 28.9. The maximum Gasteiger partial charge on any atom is 0.355 e. The van der Waals surface area contributed by atoms with Gasteiger partial charge in [0.25, 0.3) is 0 Å². The van der Waals surface area contributed by atoms with Gasteiger partial charge >= 0.3 is 12.0 Å². The van der Waals surface area contributed by atoms with Crippen LogP contribution in [0.25, 0.3) is 21.3 Å². The van der Waals surface area contributed by atoms with Crippen molar-refractivity contribution >= 4 is 91.4 Å². The summed E-state index contributed by atoms with van der Waals surface area (Å²) in [4.78, 5) is 105. The molecular formula is C71H93N16O10S+. The zero-order chi connectivity index (χ0) is 69.0. The Morgan fingerprint density at radius 1 is 0.878 bits per heavy atom. The van der Waals surface area contributed by atoms with Gasteiger partial charge in [-0.05, 0) is 138 Å². The number of ether oxygens (including phenoxy) is 2. The van der Waals surface area contributed by atoms with Crippen LogP contribution in [0.3, 0.4) is 0 Å². The topological polar surface area (TPSA) is 323 Å². The van der Waals surface area contributed by atoms with Crippen molar-refractivity contribution < 1.29 is 52.6 Å². The number of hydrogen-bond acceptors (Lipinski definition) is 18. The second-order valence-corrected chi connectivity index (χ2v) is 29.9. The van der Waals surface area contributed by atoms with Crippen LogP contribution in [0.4, 0.5) is 33.1 Å². The largest absolute Gasteiger partial charge is 0.476 e. The third-order valence-electron chi connectivity index (χ3n) is 21.1. The van der Waals surface area contributed by atoms with E-state index in [1.54, 1.807) is 32.1 Å². The summed E-state index contributed by atoms with van der Waals surface area (Å²) < 4.78 is 16.7. The van der Waals surface area contributed by atoms with Crippen molar-refractivity contribution in [1.29, 1.82) is 0 Å². The number of fused-ring (bicyclic) bond motifs is 2. The third-order valence-corrected chi connectivity index (χ3v) is 22.0. The Kier molecular flexibility index (Phi) is 20.9. The highest BCUT2D eigenvalue weighted by Gasteiger charge is 2.59. The van der Waals surface area contributed by atoms with Gasteiger partial charge < -0.3 is 56.3 Å². The molecule has 7 heterocycles. The molecule has 2 saturated heterocycles. The van der Waals surface area contributed by atoms with E-state index < -0.39 is 41.8 Å². The standard InChI is InChI=1S/C71H92N16O10S/c1-43(2)60(79-58(88)21-30-96-31-27-85-59(89)33-44(3)66(85)92)65(91)76-55(13-9-22-73-68(72)95)64(90)75-50-17-15-47(16-18-50)40-87(6)28-24-83(25-29-87)26-32-97-71-37-48-34-49(38-71)36-70(35-48,41-71)42-86-46(5)53(39-74-86)52-19-20-57(78-61(52)67(93)94)84-23-10-11-51-45(4)62(81-82-63(51)84)80-69-77-54-12-7-8-14-56(54)98-69/h7-8,12,14-20,39,43-44,48-49,55,60H,9-11,13,21-38,40-42H2,1-6H3,(H7-,72,73,75,76,77,79,80,81,88,90,91,93,94,95)/p+1/t44?,48-,49+,55-,60-,70?,71?/m0/s1. The minimum Gasteiger partial charge on any atom is -0.476 e. The molecule has 8 N–H and O–H groups in total. The predicted octanol–water partition coefficient (Wildman–Crippen LogP) is 7.62. The molecule has 7 amide bonds. The molecule has 4 aliphatic carbocycles. The number of carboxylic acid groups (broad SMARTS) is 1. The van der Waals surface area contributed by atoms with Crippen molar-refractivity contribution in [2.24, 2.45) is 34.8 Å². The second kappa shape index (κ2) is 29.5. The van der Waals surface area contributed by atoms with Crippen molar-refractivity contribution in [2.75, 3.05) is 94.8 Å². The van der Waals surface area contributed by atoms with Gasteiger partial charge in [-0.15, -0.1) is 10.2 Å². The first-order chi connectivity index (χ1) is 47.0. The van der Waals surface area contributed by atoms with Crippen LogP contribution >= 0.6 is 11.3 Å². The number of para-hydroxylation sites is 1. The minimum atomic E-state index is -1.11. The Bertz CT molecular complexity index is 3910. The van der Waals surface area contributed by atoms with Gasteiger partial charge in [0.05, 0.1) is 68.5 Å². The Morgan fingerprint density at radius 2 is 1.64 bits per heavy atom. The molecule has 0 spiro atoms. The number of likely N-dealkylation sites (tertiary alicyclic amines) is 1. The number of rotatable bonds is 29. The molecule has 2 aromatic carbocycles. The van der Waals surface area contributed by atoms with E-state index in [0.717, 1.165) is 139 Å². The molecule has 522 valence electrons. The zero-order valence-electron chi connectivity index (χ0n) is 57.1. The first-order valence-corrected chi connectivity index (χ1v) is 35.5. The van der Waals surface area contributed by atoms with Crippen molar-refractivity contribution in [2.45, 2.75) is 142 Å². The summed E-state index contributed by atoms with van der Waals surface area (Å²) in [6.45, 7) is 17.3. The smallest absolute Gasteiger partial charge is 0.355 e. The number of carbonyl (C=O) groups excluding carboxylic acids is 6. The molecule has 0 radical (unpaired) electrons. The number of carbonyl (C=O) groups is 7. The number of aromatic carboxylic acids is 1. The molecule has 4 aromatic heterocycles. The number of nitrogens with zero attached hydrogens (tertiary/aromatic N) is 10. The van der Waals surface area contributed by atoms with E-state index in [-0.39, 0.29) is 85.9 Å². The number of aromatic nitrogens is 6. The van der Waals surface area contributed by atoms with Crippen LogP contribution < -0.4 is 37.2 Å². The Labute approximate surface area is 575 Å². The van der Waals surface area contributed by atoms with Gasteiger partial charge in [0.15, 0.2) is 22.5 Å². The average molecular weight is 1360 g/mol. The van der Waals surface area contributed by atoms with Crippen LogP contribution in [0.2, 0.25) is 0 Å². The van der Waals surface area contributed by atoms with Crippen LogP contribution in [0.15, 0.2) is 66.9 Å². The van der Waals surface area contributed by atoms with Crippen LogP contribution in [0.5, 0.6) is 0 Å². The maximum atomic E-state index is 13.9. The van der Waals surface area contributed by atoms with Gasteiger partial charge in [-0.2, -0.15) is 5.10 Å². The Balaban J connectivity index is 0.609. The molecule has 98 heavy (non-hydrogen) atoms. The molecule has 7 aliphatic rings. The maximum absolute atomic E-state index is 13.9. The van der Waals surface area contributed by atoms with Crippen molar-refractivity contribution in [3.05, 3.63) is 94.9 Å². The fourth-order valence-electron chi connectivity index (χ4n) is 16.3. The number of imide groups is 1. The van der Waals surface area contributed by atoms with Gasteiger partial charge in [-0.1, -0.05) is 56.4 Å². The van der Waals surface area contributed by atoms with E-state index in [1.165, 1.54) is 11.3 Å². The quantitative estimate of drug-likeness (QED) is 0.0135. The number of likely N-dealkylation sites (N-methyl/N-ethyl adjacent to an activating group) is 1. The zero-order valence-corrected chi connectivity index (χ0v) is 57.9. The summed E-state index contributed by atoms with van der Waals surface area (Å²) in [5, 5.41) is 40.2. The highest BCUT2D eigenvalue weighted by Crippen LogP contribution is 2.63. The van der Waals surface area contributed by atoms with Crippen LogP contribution in [0.1, 0.15) is 124 Å². The number of piperazine rings is 1. The number of amides is 7. The highest BCUT2D eigenvalue weighted by molar-refractivity contribution is 7.22. The van der Waals surface area contributed by atoms with Crippen molar-refractivity contribution in [3.8, 4) is 11.1 Å². The summed E-state index contributed by atoms with van der Waals surface area (Å²) in [5.41, 5.74) is 12.0. The number of carboxylic acids is 1. The predicted molar refractivity (Wildman–Crippen MR) is 371 cm³/mol. The van der Waals surface area contributed by atoms with Gasteiger partial charge in [-0.3, -0.25) is 38.5 Å². The lowest BCUT2D eigenvalue weighted by Crippen LogP contribution is -2.59. The van der Waals surface area contributed by atoms with Gasteiger partial charge in [0.2, 0.25) is 29.5 Å². The number of nitrogens with one attached hydrogen (secondary N) is 5. The van der Waals surface area contributed by atoms with E-state index in [2.05, 4.69) is 48.3 Å². The van der Waals surface area contributed by atoms with Gasteiger partial charge in [-0.25, -0.2) is 19.6 Å². The molecule has 6 aromatic rings. The summed E-state index contributed by atoms with van der Waals surface area (Å²) in [7, 11) is 2.29. The minimum absolute atomic E-state index is 0.0134. The summed E-state index contributed by atoms with van der Waals surface area (Å²) >= 11 is 1.56. The molecule has 3 aliphatic heterocycles. The SMILES string of the molecule is Cc1c(Nc2nc3ccccc3s2)nnc2c1CCCN2c1ccc(-c2cnn(CC34C[C@H]5C[C@@H](C3)CC(OCCN3CC[N+](C)(Cc6ccc(NC(=O)[C@H](CCCNC(N)=O)NC(=O)[C@@H](NC(=O)CCOCCN7C(=O)CC(C)C7=O)C(C)C)cc6)CC3)(C5)C4)c2C)c(C(=O)O)n1. The van der Waals surface area contributed by atoms with Gasteiger partial charge in [0, 0.05) is 97.2 Å². The summed E-state index contributed by atoms with van der Waals surface area (Å²) in [5.74, 6) is -0.680. The fraction of sp³-hybridized carbons (Fsp3) is 0.549. The Morgan fingerprint density at radius 3 is 2.36 bits per heavy atom. The number of quaternary nitrogens is 1. The first kappa shape index (κ1) is 69.4. The summed E-state index contributed by atoms with van der Waals surface area (Å²) in [6.07, 6.45) is 10.8. The Hall–Kier alpha value is -8.50. The number of benzene rings is 2. The highest BCUT2D eigenvalue weighted by atomic mass is 32.1. The molecule has 3 unspecified atom stereocenters. The molecular weight excluding hydrogens is 1270 g/mol. The van der Waals surface area contributed by atoms with Crippen LogP contribution in [-0.4, -0.2) is 188 Å². The number of nitrogens with two attached hydrogens (primary N) is 1. The molecule has 13 rings (SSSR count). The lowest BCUT2D eigenvalue weighted by Gasteiger charge is -2.61. The number of anilines is 5. The molecule has 7 atom stereocenters. The molecule has 27 heteroatoms. The van der Waals surface area contributed by atoms with Crippen molar-refractivity contribution in [3.63, 3.8) is 0 Å². The lowest BCUT2D eigenvalue weighted by atomic mass is 9.48. The normalized spacial score (nSPS) is 22.5. The average Bonchev–Trinajstić information content (AvgIpc) is 0.822. The molecule has 4 bridgehead atoms. The molecule has 4 saturated carbocycles. The lowest BCUT2D eigenvalue weighted by molar-refractivity contribution is -0.926. The first-order valence-electron chi connectivity index (χ1n) is 34.7. The number of hydrogen-bond donors (Lipinski definition) is 7. The van der Waals surface area contributed by atoms with E-state index >= 15 is 0 Å². The van der Waals surface area contributed by atoms with Crippen molar-refractivity contribution in [1.82, 2.24) is 55.7 Å². The number of urea groups is 1. The van der Waals surface area contributed by atoms with Crippen LogP contribution in [-0.2, 0) is 53.0 Å². The molecule has 26 nitrogen and oxygen atoms in total. The molecule has 6 fully saturated rings. The number of pyridine rings is 1. The van der Waals surface area contributed by atoms with Crippen LogP contribution in [0, 0.1) is 42.9 Å².